The third kappa shape index (κ3) is 6.17. The highest BCUT2D eigenvalue weighted by Gasteiger charge is 2.31. The molecule has 0 spiro atoms. The van der Waals surface area contributed by atoms with Gasteiger partial charge in [-0.2, -0.15) is 39.5 Å². The summed E-state index contributed by atoms with van der Waals surface area (Å²) >= 11 is 0. The van der Waals surface area contributed by atoms with Crippen LogP contribution in [0.1, 0.15) is 33.4 Å². The number of hydrogen-bond donors (Lipinski definition) is 0. The number of para-hydroxylation sites is 2. The number of aromatic nitrogens is 2. The van der Waals surface area contributed by atoms with Crippen molar-refractivity contribution in [1.82, 2.24) is 9.13 Å². The van der Waals surface area contributed by atoms with E-state index in [0.29, 0.717) is 55.8 Å². The Balaban J connectivity index is 1.26. The molecule has 10 heteroatoms. The molecule has 2 aromatic heterocycles. The largest absolute Gasteiger partial charge is 0.416 e. The molecule has 0 aliphatic rings. The molecule has 0 aliphatic carbocycles. The lowest BCUT2D eigenvalue weighted by Crippen LogP contribution is -2.06. The Hall–Kier alpha value is -9.40. The van der Waals surface area contributed by atoms with Crippen LogP contribution < -0.4 is 0 Å². The van der Waals surface area contributed by atoms with Crippen LogP contribution >= 0.6 is 0 Å². The molecule has 7 nitrogen and oxygen atoms in total. The van der Waals surface area contributed by atoms with E-state index in [9.17, 15) is 39.5 Å². The van der Waals surface area contributed by atoms with Gasteiger partial charge >= 0.3 is 6.18 Å². The lowest BCUT2D eigenvalue weighted by molar-refractivity contribution is -0.137. The lowest BCUT2D eigenvalue weighted by atomic mass is 9.96. The molecular weight excluding hydrogens is 804 g/mol. The van der Waals surface area contributed by atoms with Crippen molar-refractivity contribution in [1.29, 1.82) is 26.3 Å². The zero-order valence-electron chi connectivity index (χ0n) is 33.3. The van der Waals surface area contributed by atoms with Gasteiger partial charge in [-0.3, -0.25) is 0 Å². The first-order chi connectivity index (χ1) is 31.1. The average Bonchev–Trinajstić information content (AvgIpc) is 3.84. The number of nitrogens with zero attached hydrogens (tertiary/aromatic N) is 7. The molecule has 298 valence electrons. The van der Waals surface area contributed by atoms with E-state index in [1.54, 1.807) is 54.6 Å². The monoisotopic (exact) mass is 829 g/mol. The maximum absolute atomic E-state index is 14.4. The van der Waals surface area contributed by atoms with Crippen LogP contribution in [0.3, 0.4) is 0 Å². The normalized spacial score (nSPS) is 11.3. The molecule has 64 heavy (non-hydrogen) atoms. The first kappa shape index (κ1) is 38.8. The molecule has 8 aromatic carbocycles. The second-order valence-electron chi connectivity index (χ2n) is 15.2. The third-order valence-corrected chi connectivity index (χ3v) is 11.7. The summed E-state index contributed by atoms with van der Waals surface area (Å²) in [7, 11) is 0. The zero-order valence-corrected chi connectivity index (χ0v) is 33.3. The highest BCUT2D eigenvalue weighted by atomic mass is 19.4. The highest BCUT2D eigenvalue weighted by molar-refractivity contribution is 6.12. The summed E-state index contributed by atoms with van der Waals surface area (Å²) in [6.07, 6.45) is -4.63. The standard InChI is InChI=1S/C54H26F3N7/c55-54(56,57)40-7-5-6-34(22-40)45-26-52(63-48-10-3-1-8-43(48)46-23-35(14-18-50(46)63)41-16-12-32(27-58)20-37(41)29-60)39(31-62)25-53(45)64-49-11-4-2-9-44(49)47-24-36(15-19-51(47)64)42-17-13-33(28-59)21-38(42)30-61/h1-26H. The van der Waals surface area contributed by atoms with Gasteiger partial charge in [0.05, 0.1) is 91.1 Å². The Kier molecular flexibility index (Phi) is 9.06. The molecule has 0 fully saturated rings. The molecule has 0 atom stereocenters. The van der Waals surface area contributed by atoms with Crippen LogP contribution in [0.4, 0.5) is 13.2 Å². The maximum Gasteiger partial charge on any atom is 0.416 e. The molecular formula is C54H26F3N7. The van der Waals surface area contributed by atoms with Crippen LogP contribution in [-0.4, -0.2) is 9.13 Å². The van der Waals surface area contributed by atoms with Crippen molar-refractivity contribution in [3.8, 4) is 75.1 Å². The summed E-state index contributed by atoms with van der Waals surface area (Å²) in [5.74, 6) is 0. The van der Waals surface area contributed by atoms with Crippen molar-refractivity contribution in [3.05, 3.63) is 191 Å². The SMILES string of the molecule is N#Cc1ccc(-c2ccc3c(c2)c2ccccc2n3-c2cc(-c3cccc(C(F)(F)F)c3)c(-n3c4ccccc4c4cc(-c5ccc(C#N)cc5C#N)ccc43)cc2C#N)c(C#N)c1. The second kappa shape index (κ2) is 14.9. The molecule has 2 heterocycles. The number of fused-ring (bicyclic) bond motifs is 6. The molecule has 10 rings (SSSR count). The van der Waals surface area contributed by atoms with E-state index in [2.05, 4.69) is 30.3 Å². The first-order valence-corrected chi connectivity index (χ1v) is 19.9. The molecule has 0 amide bonds. The van der Waals surface area contributed by atoms with Crippen molar-refractivity contribution >= 4 is 43.6 Å². The van der Waals surface area contributed by atoms with Gasteiger partial charge in [0.25, 0.3) is 0 Å². The predicted molar refractivity (Wildman–Crippen MR) is 240 cm³/mol. The fraction of sp³-hybridized carbons (Fsp3) is 0.0185. The van der Waals surface area contributed by atoms with Gasteiger partial charge in [-0.05, 0) is 113 Å². The molecule has 0 saturated heterocycles. The van der Waals surface area contributed by atoms with E-state index in [1.807, 2.05) is 94.1 Å². The van der Waals surface area contributed by atoms with Crippen LogP contribution in [0.5, 0.6) is 0 Å². The minimum Gasteiger partial charge on any atom is -0.309 e. The Labute approximate surface area is 363 Å². The summed E-state index contributed by atoms with van der Waals surface area (Å²) in [6, 6.07) is 56.3. The Morgan fingerprint density at radius 3 is 1.34 bits per heavy atom. The van der Waals surface area contributed by atoms with Crippen LogP contribution in [-0.2, 0) is 6.18 Å². The number of benzene rings is 8. The lowest BCUT2D eigenvalue weighted by Gasteiger charge is -2.19. The Morgan fingerprint density at radius 2 is 0.844 bits per heavy atom. The topological polar surface area (TPSA) is 129 Å². The highest BCUT2D eigenvalue weighted by Crippen LogP contribution is 2.43. The van der Waals surface area contributed by atoms with Gasteiger partial charge in [-0.15, -0.1) is 0 Å². The van der Waals surface area contributed by atoms with Gasteiger partial charge in [0.2, 0.25) is 0 Å². The molecule has 0 unspecified atom stereocenters. The fourth-order valence-electron chi connectivity index (χ4n) is 8.85. The number of hydrogen-bond acceptors (Lipinski definition) is 5. The number of rotatable bonds is 5. The smallest absolute Gasteiger partial charge is 0.309 e. The summed E-state index contributed by atoms with van der Waals surface area (Å²) in [5, 5.41) is 53.3. The average molecular weight is 830 g/mol. The molecule has 0 N–H and O–H groups in total. The quantitative estimate of drug-likeness (QED) is 0.171. The predicted octanol–water partition coefficient (Wildman–Crippen LogP) is 13.3. The fourth-order valence-corrected chi connectivity index (χ4v) is 8.85. The van der Waals surface area contributed by atoms with Crippen molar-refractivity contribution in [2.45, 2.75) is 6.18 Å². The van der Waals surface area contributed by atoms with Crippen LogP contribution in [0.15, 0.2) is 158 Å². The van der Waals surface area contributed by atoms with E-state index < -0.39 is 11.7 Å². The number of halogens is 3. The van der Waals surface area contributed by atoms with Gasteiger partial charge in [-0.25, -0.2) is 0 Å². The van der Waals surface area contributed by atoms with Crippen LogP contribution in [0, 0.1) is 56.7 Å². The minimum atomic E-state index is -4.63. The van der Waals surface area contributed by atoms with Gasteiger partial charge in [0.1, 0.15) is 6.07 Å². The van der Waals surface area contributed by atoms with E-state index in [-0.39, 0.29) is 11.1 Å². The number of nitriles is 5. The Morgan fingerprint density at radius 1 is 0.359 bits per heavy atom. The molecule has 0 aliphatic heterocycles. The zero-order chi connectivity index (χ0) is 44.3. The van der Waals surface area contributed by atoms with Gasteiger partial charge in [0.15, 0.2) is 0 Å². The summed E-state index contributed by atoms with van der Waals surface area (Å²) in [5.41, 5.74) is 8.17. The van der Waals surface area contributed by atoms with Gasteiger partial charge in [0, 0.05) is 27.1 Å². The third-order valence-electron chi connectivity index (χ3n) is 11.7. The van der Waals surface area contributed by atoms with E-state index in [4.69, 9.17) is 0 Å². The van der Waals surface area contributed by atoms with Crippen molar-refractivity contribution in [2.75, 3.05) is 0 Å². The van der Waals surface area contributed by atoms with Crippen molar-refractivity contribution < 1.29 is 13.2 Å². The maximum atomic E-state index is 14.4. The molecule has 10 aromatic rings. The van der Waals surface area contributed by atoms with E-state index in [0.717, 1.165) is 61.4 Å². The Bertz CT molecular complexity index is 3850. The second-order valence-corrected chi connectivity index (χ2v) is 15.2. The van der Waals surface area contributed by atoms with Crippen molar-refractivity contribution in [3.63, 3.8) is 0 Å². The first-order valence-electron chi connectivity index (χ1n) is 19.9. The van der Waals surface area contributed by atoms with E-state index >= 15 is 0 Å². The van der Waals surface area contributed by atoms with Crippen molar-refractivity contribution in [2.24, 2.45) is 0 Å². The van der Waals surface area contributed by atoms with E-state index in [1.165, 1.54) is 6.07 Å². The van der Waals surface area contributed by atoms with Crippen LogP contribution in [0.2, 0.25) is 0 Å². The minimum absolute atomic E-state index is 0.259. The number of alkyl halides is 3. The van der Waals surface area contributed by atoms with Gasteiger partial charge < -0.3 is 9.13 Å². The van der Waals surface area contributed by atoms with Crippen LogP contribution in [0.25, 0.3) is 88.4 Å². The summed E-state index contributed by atoms with van der Waals surface area (Å²) in [6.45, 7) is 0. The molecule has 0 saturated carbocycles. The van der Waals surface area contributed by atoms with Gasteiger partial charge in [-0.1, -0.05) is 72.8 Å². The molecule has 0 bridgehead atoms. The summed E-state index contributed by atoms with van der Waals surface area (Å²) in [4.78, 5) is 0. The summed E-state index contributed by atoms with van der Waals surface area (Å²) < 4.78 is 47.2. The molecule has 0 radical (unpaired) electrons.